The van der Waals surface area contributed by atoms with Crippen LogP contribution in [0.2, 0.25) is 5.02 Å². The van der Waals surface area contributed by atoms with Crippen molar-refractivity contribution >= 4 is 17.5 Å². The predicted octanol–water partition coefficient (Wildman–Crippen LogP) is 0.806. The van der Waals surface area contributed by atoms with Crippen molar-refractivity contribution < 1.29 is 9.53 Å². The predicted molar refractivity (Wildman–Crippen MR) is 84.1 cm³/mol. The summed E-state index contributed by atoms with van der Waals surface area (Å²) in [7, 11) is 1.51. The summed E-state index contributed by atoms with van der Waals surface area (Å²) in [5.74, 6) is 0.210. The van der Waals surface area contributed by atoms with Gasteiger partial charge in [-0.1, -0.05) is 11.6 Å². The average molecular weight is 337 g/mol. The van der Waals surface area contributed by atoms with Crippen molar-refractivity contribution in [1.82, 2.24) is 30.8 Å². The zero-order valence-electron chi connectivity index (χ0n) is 12.6. The molecule has 1 aliphatic heterocycles. The third-order valence-electron chi connectivity index (χ3n) is 3.74. The molecule has 122 valence electrons. The molecule has 1 aromatic heterocycles. The molecule has 2 aromatic rings. The Labute approximate surface area is 138 Å². The first-order valence-electron chi connectivity index (χ1n) is 7.31. The molecular formula is C14H17ClN6O2. The van der Waals surface area contributed by atoms with Crippen LogP contribution in [0.3, 0.4) is 0 Å². The summed E-state index contributed by atoms with van der Waals surface area (Å²) in [4.78, 5) is 12.5. The van der Waals surface area contributed by atoms with Crippen molar-refractivity contribution in [3.8, 4) is 11.4 Å². The van der Waals surface area contributed by atoms with E-state index in [1.807, 2.05) is 0 Å². The molecule has 1 saturated heterocycles. The van der Waals surface area contributed by atoms with Gasteiger partial charge in [0.25, 0.3) is 5.91 Å². The van der Waals surface area contributed by atoms with Gasteiger partial charge in [0.15, 0.2) is 0 Å². The summed E-state index contributed by atoms with van der Waals surface area (Å²) < 4.78 is 6.75. The first kappa shape index (κ1) is 15.7. The molecule has 3 rings (SSSR count). The number of halogens is 1. The minimum absolute atomic E-state index is 0.110. The maximum absolute atomic E-state index is 12.5. The minimum atomic E-state index is -0.208. The molecular weight excluding hydrogens is 320 g/mol. The second-order valence-electron chi connectivity index (χ2n) is 5.28. The monoisotopic (exact) mass is 336 g/mol. The van der Waals surface area contributed by atoms with Crippen molar-refractivity contribution in [2.45, 2.75) is 18.9 Å². The zero-order valence-corrected chi connectivity index (χ0v) is 13.4. The van der Waals surface area contributed by atoms with E-state index in [9.17, 15) is 4.79 Å². The van der Waals surface area contributed by atoms with Crippen LogP contribution in [0.4, 0.5) is 0 Å². The fourth-order valence-electron chi connectivity index (χ4n) is 2.57. The number of nitrogens with one attached hydrogen (secondary N) is 2. The number of amides is 1. The third kappa shape index (κ3) is 3.43. The molecule has 23 heavy (non-hydrogen) atoms. The summed E-state index contributed by atoms with van der Waals surface area (Å²) >= 11 is 6.27. The second kappa shape index (κ2) is 6.93. The summed E-state index contributed by atoms with van der Waals surface area (Å²) in [5.41, 5.74) is 0.935. The van der Waals surface area contributed by atoms with Crippen LogP contribution in [0.5, 0.6) is 5.75 Å². The lowest BCUT2D eigenvalue weighted by Crippen LogP contribution is -2.45. The minimum Gasteiger partial charge on any atom is -0.496 e. The highest BCUT2D eigenvalue weighted by Crippen LogP contribution is 2.29. The number of nitrogens with zero attached hydrogens (tertiary/aromatic N) is 4. The van der Waals surface area contributed by atoms with E-state index in [1.165, 1.54) is 18.1 Å². The number of piperidine rings is 1. The number of hydrogen-bond acceptors (Lipinski definition) is 6. The molecule has 0 saturated carbocycles. The van der Waals surface area contributed by atoms with Gasteiger partial charge in [0.2, 0.25) is 0 Å². The van der Waals surface area contributed by atoms with Gasteiger partial charge in [-0.15, -0.1) is 5.10 Å². The highest BCUT2D eigenvalue weighted by Gasteiger charge is 2.21. The van der Waals surface area contributed by atoms with Crippen LogP contribution in [-0.2, 0) is 0 Å². The van der Waals surface area contributed by atoms with Crippen molar-refractivity contribution in [3.63, 3.8) is 0 Å². The number of tetrazole rings is 1. The third-order valence-corrected chi connectivity index (χ3v) is 4.04. The van der Waals surface area contributed by atoms with E-state index < -0.39 is 0 Å². The maximum Gasteiger partial charge on any atom is 0.255 e. The van der Waals surface area contributed by atoms with Crippen LogP contribution >= 0.6 is 11.6 Å². The molecule has 0 aliphatic carbocycles. The average Bonchev–Trinajstić information content (AvgIpc) is 3.09. The van der Waals surface area contributed by atoms with Gasteiger partial charge < -0.3 is 15.4 Å². The summed E-state index contributed by atoms with van der Waals surface area (Å²) in [6.07, 6.45) is 3.42. The SMILES string of the molecule is COc1cc(-n2cnnn2)c(Cl)cc1C(=O)N[C@H]1CCCNC1. The van der Waals surface area contributed by atoms with Crippen LogP contribution in [0, 0.1) is 0 Å². The molecule has 1 aromatic carbocycles. The van der Waals surface area contributed by atoms with Gasteiger partial charge in [-0.05, 0) is 35.9 Å². The van der Waals surface area contributed by atoms with Gasteiger partial charge in [0.05, 0.1) is 23.4 Å². The van der Waals surface area contributed by atoms with Crippen molar-refractivity contribution in [3.05, 3.63) is 29.0 Å². The quantitative estimate of drug-likeness (QED) is 0.858. The molecule has 0 spiro atoms. The number of ether oxygens (including phenoxy) is 1. The standard InChI is InChI=1S/C14H17ClN6O2/c1-23-13-6-12(21-8-17-19-20-21)11(15)5-10(13)14(22)18-9-3-2-4-16-7-9/h5-6,8-9,16H,2-4,7H2,1H3,(H,18,22)/t9-/m0/s1. The Morgan fingerprint density at radius 1 is 1.52 bits per heavy atom. The number of methoxy groups -OCH3 is 1. The number of carbonyl (C=O) groups is 1. The number of aromatic nitrogens is 4. The van der Waals surface area contributed by atoms with Crippen molar-refractivity contribution in [2.75, 3.05) is 20.2 Å². The maximum atomic E-state index is 12.5. The van der Waals surface area contributed by atoms with Crippen molar-refractivity contribution in [2.24, 2.45) is 0 Å². The highest BCUT2D eigenvalue weighted by molar-refractivity contribution is 6.33. The Hall–Kier alpha value is -2.19. The second-order valence-corrected chi connectivity index (χ2v) is 5.68. The van der Waals surface area contributed by atoms with E-state index in [1.54, 1.807) is 12.1 Å². The molecule has 0 unspecified atom stereocenters. The van der Waals surface area contributed by atoms with Crippen LogP contribution in [0.25, 0.3) is 5.69 Å². The molecule has 8 nitrogen and oxygen atoms in total. The van der Waals surface area contributed by atoms with E-state index in [0.29, 0.717) is 22.0 Å². The molecule has 2 heterocycles. The lowest BCUT2D eigenvalue weighted by molar-refractivity contribution is 0.0927. The Bertz CT molecular complexity index is 685. The van der Waals surface area contributed by atoms with Gasteiger partial charge in [0.1, 0.15) is 12.1 Å². The summed E-state index contributed by atoms with van der Waals surface area (Å²) in [6.45, 7) is 1.76. The Morgan fingerprint density at radius 2 is 2.39 bits per heavy atom. The van der Waals surface area contributed by atoms with Gasteiger partial charge >= 0.3 is 0 Å². The molecule has 0 bridgehead atoms. The first-order chi connectivity index (χ1) is 11.2. The highest BCUT2D eigenvalue weighted by atomic mass is 35.5. The number of benzene rings is 1. The Balaban J connectivity index is 1.86. The molecule has 9 heteroatoms. The molecule has 1 amide bonds. The number of rotatable bonds is 4. The largest absolute Gasteiger partial charge is 0.496 e. The topological polar surface area (TPSA) is 94.0 Å². The molecule has 1 aliphatic rings. The van der Waals surface area contributed by atoms with Gasteiger partial charge in [-0.2, -0.15) is 4.68 Å². The molecule has 0 radical (unpaired) electrons. The number of hydrogen-bond donors (Lipinski definition) is 2. The zero-order chi connectivity index (χ0) is 16.2. The summed E-state index contributed by atoms with van der Waals surface area (Å²) in [6, 6.07) is 3.33. The molecule has 2 N–H and O–H groups in total. The van der Waals surface area contributed by atoms with Crippen LogP contribution in [-0.4, -0.2) is 52.4 Å². The molecule has 1 atom stereocenters. The van der Waals surface area contributed by atoms with E-state index in [0.717, 1.165) is 25.9 Å². The number of carbonyl (C=O) groups excluding carboxylic acids is 1. The normalized spacial score (nSPS) is 17.7. The fraction of sp³-hybridized carbons (Fsp3) is 0.429. The summed E-state index contributed by atoms with van der Waals surface area (Å²) in [5, 5.41) is 17.6. The lowest BCUT2D eigenvalue weighted by Gasteiger charge is -2.24. The van der Waals surface area contributed by atoms with E-state index in [-0.39, 0.29) is 11.9 Å². The van der Waals surface area contributed by atoms with E-state index >= 15 is 0 Å². The van der Waals surface area contributed by atoms with Crippen LogP contribution in [0.1, 0.15) is 23.2 Å². The van der Waals surface area contributed by atoms with Gasteiger partial charge in [0, 0.05) is 18.7 Å². The van der Waals surface area contributed by atoms with Crippen LogP contribution in [0.15, 0.2) is 18.5 Å². The molecule has 1 fully saturated rings. The van der Waals surface area contributed by atoms with E-state index in [2.05, 4.69) is 26.2 Å². The Morgan fingerprint density at radius 3 is 3.04 bits per heavy atom. The lowest BCUT2D eigenvalue weighted by atomic mass is 10.1. The van der Waals surface area contributed by atoms with E-state index in [4.69, 9.17) is 16.3 Å². The van der Waals surface area contributed by atoms with Gasteiger partial charge in [-0.25, -0.2) is 0 Å². The Kier molecular flexibility index (Phi) is 4.73. The van der Waals surface area contributed by atoms with Crippen molar-refractivity contribution in [1.29, 1.82) is 0 Å². The van der Waals surface area contributed by atoms with Crippen LogP contribution < -0.4 is 15.4 Å². The van der Waals surface area contributed by atoms with Gasteiger partial charge in [-0.3, -0.25) is 4.79 Å². The fourth-order valence-corrected chi connectivity index (χ4v) is 2.82. The smallest absolute Gasteiger partial charge is 0.255 e. The first-order valence-corrected chi connectivity index (χ1v) is 7.69.